The molecule has 0 saturated heterocycles. The molecule has 1 heterocycles. The molecular weight excluding hydrogens is 194 g/mol. The highest BCUT2D eigenvalue weighted by Crippen LogP contribution is 2.30. The Bertz CT molecular complexity index is 278. The monoisotopic (exact) mass is 213 g/mol. The lowest BCUT2D eigenvalue weighted by molar-refractivity contribution is -0.156. The van der Waals surface area contributed by atoms with E-state index in [2.05, 4.69) is 25.9 Å². The van der Waals surface area contributed by atoms with Crippen molar-refractivity contribution >= 4 is 11.7 Å². The molecule has 2 unspecified atom stereocenters. The van der Waals surface area contributed by atoms with E-state index < -0.39 is 6.10 Å². The van der Waals surface area contributed by atoms with E-state index in [1.165, 1.54) is 0 Å². The topological polar surface area (TPSA) is 47.9 Å². The van der Waals surface area contributed by atoms with Crippen LogP contribution in [-0.4, -0.2) is 24.4 Å². The quantitative estimate of drug-likeness (QED) is 0.659. The van der Waals surface area contributed by atoms with Crippen LogP contribution in [0, 0.1) is 11.3 Å². The first-order chi connectivity index (χ1) is 6.88. The Balaban J connectivity index is 2.69. The number of carbonyl (C=O) groups is 1. The predicted molar refractivity (Wildman–Crippen MR) is 57.6 cm³/mol. The lowest BCUT2D eigenvalue weighted by atomic mass is 9.81. The summed E-state index contributed by atoms with van der Waals surface area (Å²) in [5.74, 6) is -0.336. The third-order valence-corrected chi connectivity index (χ3v) is 2.44. The number of hydrogen-bond acceptors (Lipinski definition) is 4. The van der Waals surface area contributed by atoms with Crippen LogP contribution in [0.15, 0.2) is 5.16 Å². The first-order valence-corrected chi connectivity index (χ1v) is 5.28. The molecule has 0 aromatic heterocycles. The smallest absolute Gasteiger partial charge is 0.350 e. The molecule has 0 aromatic rings. The molecule has 0 aliphatic carbocycles. The third-order valence-electron chi connectivity index (χ3n) is 2.44. The zero-order chi connectivity index (χ0) is 11.6. The highest BCUT2D eigenvalue weighted by Gasteiger charge is 2.41. The largest absolute Gasteiger partial charge is 0.463 e. The summed E-state index contributed by atoms with van der Waals surface area (Å²) < 4.78 is 4.92. The molecule has 0 spiro atoms. The minimum atomic E-state index is -0.570. The van der Waals surface area contributed by atoms with Gasteiger partial charge in [-0.2, -0.15) is 0 Å². The van der Waals surface area contributed by atoms with E-state index in [1.807, 2.05) is 6.92 Å². The molecule has 1 aliphatic heterocycles. The molecule has 0 aromatic carbocycles. The number of rotatable bonds is 2. The van der Waals surface area contributed by atoms with Crippen LogP contribution in [-0.2, 0) is 14.4 Å². The van der Waals surface area contributed by atoms with Gasteiger partial charge in [-0.15, -0.1) is 0 Å². The highest BCUT2D eigenvalue weighted by molar-refractivity contribution is 5.96. The SMILES string of the molecule is CCOC(=O)C1ON=C(C(C)(C)C)C1C. The average molecular weight is 213 g/mol. The van der Waals surface area contributed by atoms with Gasteiger partial charge in [-0.25, -0.2) is 4.79 Å². The summed E-state index contributed by atoms with van der Waals surface area (Å²) in [6, 6.07) is 0. The van der Waals surface area contributed by atoms with Crippen molar-refractivity contribution in [1.29, 1.82) is 0 Å². The molecule has 0 saturated carbocycles. The summed E-state index contributed by atoms with van der Waals surface area (Å²) in [7, 11) is 0. The standard InChI is InChI=1S/C11H19NO3/c1-6-14-10(13)8-7(2)9(12-15-8)11(3,4)5/h7-8H,6H2,1-5H3. The van der Waals surface area contributed by atoms with E-state index in [0.717, 1.165) is 5.71 Å². The molecule has 0 bridgehead atoms. The van der Waals surface area contributed by atoms with E-state index >= 15 is 0 Å². The molecule has 0 fully saturated rings. The van der Waals surface area contributed by atoms with Crippen LogP contribution in [0.3, 0.4) is 0 Å². The molecule has 0 radical (unpaired) electrons. The van der Waals surface area contributed by atoms with Gasteiger partial charge < -0.3 is 9.57 Å². The number of hydrogen-bond donors (Lipinski definition) is 0. The van der Waals surface area contributed by atoms with Crippen molar-refractivity contribution in [3.05, 3.63) is 0 Å². The number of carbonyl (C=O) groups excluding carboxylic acids is 1. The molecule has 0 amide bonds. The van der Waals surface area contributed by atoms with Crippen LogP contribution in [0.2, 0.25) is 0 Å². The number of nitrogens with zero attached hydrogens (tertiary/aromatic N) is 1. The van der Waals surface area contributed by atoms with E-state index in [1.54, 1.807) is 6.92 Å². The first-order valence-electron chi connectivity index (χ1n) is 5.28. The number of oxime groups is 1. The number of ether oxygens (including phenoxy) is 1. The van der Waals surface area contributed by atoms with Gasteiger partial charge in [-0.1, -0.05) is 32.9 Å². The fraction of sp³-hybridized carbons (Fsp3) is 0.818. The van der Waals surface area contributed by atoms with Crippen molar-refractivity contribution in [3.8, 4) is 0 Å². The molecule has 4 nitrogen and oxygen atoms in total. The lowest BCUT2D eigenvalue weighted by Crippen LogP contribution is -2.35. The van der Waals surface area contributed by atoms with Crippen molar-refractivity contribution < 1.29 is 14.4 Å². The summed E-state index contributed by atoms with van der Waals surface area (Å²) in [6.45, 7) is 10.3. The summed E-state index contributed by atoms with van der Waals surface area (Å²) in [5.41, 5.74) is 0.848. The molecule has 2 atom stereocenters. The zero-order valence-corrected chi connectivity index (χ0v) is 10.0. The van der Waals surface area contributed by atoms with Gasteiger partial charge in [0.05, 0.1) is 12.3 Å². The maximum absolute atomic E-state index is 11.5. The minimum absolute atomic E-state index is 0.0101. The van der Waals surface area contributed by atoms with Gasteiger partial charge in [0.1, 0.15) is 0 Å². The van der Waals surface area contributed by atoms with Gasteiger partial charge in [0.2, 0.25) is 6.10 Å². The fourth-order valence-electron chi connectivity index (χ4n) is 1.72. The number of esters is 1. The summed E-state index contributed by atoms with van der Waals surface area (Å²) in [5, 5.41) is 3.99. The van der Waals surface area contributed by atoms with E-state index in [9.17, 15) is 4.79 Å². The van der Waals surface area contributed by atoms with Crippen LogP contribution in [0.25, 0.3) is 0 Å². The highest BCUT2D eigenvalue weighted by atomic mass is 16.7. The average Bonchev–Trinajstić information content (AvgIpc) is 2.46. The Labute approximate surface area is 90.6 Å². The molecule has 15 heavy (non-hydrogen) atoms. The van der Waals surface area contributed by atoms with E-state index in [0.29, 0.717) is 6.61 Å². The van der Waals surface area contributed by atoms with Gasteiger partial charge >= 0.3 is 5.97 Å². The lowest BCUT2D eigenvalue weighted by Gasteiger charge is -2.21. The molecule has 1 aliphatic rings. The Morgan fingerprint density at radius 3 is 2.53 bits per heavy atom. The third kappa shape index (κ3) is 2.49. The van der Waals surface area contributed by atoms with Crippen LogP contribution in [0.4, 0.5) is 0 Å². The van der Waals surface area contributed by atoms with Gasteiger partial charge in [-0.3, -0.25) is 0 Å². The first kappa shape index (κ1) is 12.0. The Morgan fingerprint density at radius 1 is 1.53 bits per heavy atom. The minimum Gasteiger partial charge on any atom is -0.463 e. The molecule has 0 N–H and O–H groups in total. The van der Waals surface area contributed by atoms with E-state index in [-0.39, 0.29) is 17.3 Å². The normalized spacial score (nSPS) is 25.8. The van der Waals surface area contributed by atoms with Gasteiger partial charge in [-0.05, 0) is 6.92 Å². The summed E-state index contributed by atoms with van der Waals surface area (Å²) in [4.78, 5) is 16.6. The molecular formula is C11H19NO3. The second-order valence-electron chi connectivity index (χ2n) is 4.79. The maximum Gasteiger partial charge on any atom is 0.350 e. The van der Waals surface area contributed by atoms with E-state index in [4.69, 9.17) is 9.57 Å². The Morgan fingerprint density at radius 2 is 2.13 bits per heavy atom. The second-order valence-corrected chi connectivity index (χ2v) is 4.79. The molecule has 4 heteroatoms. The van der Waals surface area contributed by atoms with Gasteiger partial charge in [0, 0.05) is 11.3 Å². The van der Waals surface area contributed by atoms with Crippen molar-refractivity contribution in [2.45, 2.75) is 40.7 Å². The van der Waals surface area contributed by atoms with Crippen LogP contribution >= 0.6 is 0 Å². The van der Waals surface area contributed by atoms with Gasteiger partial charge in [0.25, 0.3) is 0 Å². The molecule has 86 valence electrons. The van der Waals surface area contributed by atoms with Crippen LogP contribution < -0.4 is 0 Å². The van der Waals surface area contributed by atoms with Crippen molar-refractivity contribution in [2.75, 3.05) is 6.61 Å². The Kier molecular flexibility index (Phi) is 3.37. The second kappa shape index (κ2) is 4.21. The molecule has 1 rings (SSSR count). The summed E-state index contributed by atoms with van der Waals surface area (Å²) in [6.07, 6.45) is -0.570. The zero-order valence-electron chi connectivity index (χ0n) is 10.0. The van der Waals surface area contributed by atoms with Crippen molar-refractivity contribution in [3.63, 3.8) is 0 Å². The van der Waals surface area contributed by atoms with Gasteiger partial charge in [0.15, 0.2) is 0 Å². The fourth-order valence-corrected chi connectivity index (χ4v) is 1.72. The predicted octanol–water partition coefficient (Wildman–Crippen LogP) is 1.99. The Hall–Kier alpha value is -1.06. The van der Waals surface area contributed by atoms with Crippen LogP contribution in [0.1, 0.15) is 34.6 Å². The summed E-state index contributed by atoms with van der Waals surface area (Å²) >= 11 is 0. The van der Waals surface area contributed by atoms with Crippen LogP contribution in [0.5, 0.6) is 0 Å². The van der Waals surface area contributed by atoms with Crippen molar-refractivity contribution in [2.24, 2.45) is 16.5 Å². The van der Waals surface area contributed by atoms with Crippen molar-refractivity contribution in [1.82, 2.24) is 0 Å². The maximum atomic E-state index is 11.5.